The van der Waals surface area contributed by atoms with Crippen molar-refractivity contribution in [2.75, 3.05) is 19.4 Å². The third-order valence-electron chi connectivity index (χ3n) is 3.59. The first-order chi connectivity index (χ1) is 12.1. The molecule has 0 radical (unpaired) electrons. The number of hydrogen-bond donors (Lipinski definition) is 2. The molecule has 0 aliphatic heterocycles. The highest BCUT2D eigenvalue weighted by molar-refractivity contribution is 7.99. The Labute approximate surface area is 151 Å². The Morgan fingerprint density at radius 3 is 2.36 bits per heavy atom. The summed E-state index contributed by atoms with van der Waals surface area (Å²) in [5, 5.41) is 11.7. The molecule has 0 unspecified atom stereocenters. The highest BCUT2D eigenvalue weighted by Crippen LogP contribution is 2.21. The number of carboxylic acids is 1. The molecule has 6 heteroatoms. The maximum atomic E-state index is 11.8. The fraction of sp³-hybridized carbons (Fsp3) is 0.263. The lowest BCUT2D eigenvalue weighted by molar-refractivity contribution is -0.120. The molecule has 132 valence electrons. The molecule has 0 atom stereocenters. The van der Waals surface area contributed by atoms with Gasteiger partial charge in [-0.2, -0.15) is 0 Å². The lowest BCUT2D eigenvalue weighted by Gasteiger charge is -2.06. The minimum Gasteiger partial charge on any atom is -0.497 e. The Kier molecular flexibility index (Phi) is 7.35. The molecule has 0 fully saturated rings. The van der Waals surface area contributed by atoms with Gasteiger partial charge in [0.25, 0.3) is 0 Å². The van der Waals surface area contributed by atoms with Crippen molar-refractivity contribution in [1.82, 2.24) is 5.32 Å². The fourth-order valence-corrected chi connectivity index (χ4v) is 3.03. The Hall–Kier alpha value is -2.47. The normalized spacial score (nSPS) is 10.3. The molecule has 0 aliphatic carbocycles. The van der Waals surface area contributed by atoms with Crippen molar-refractivity contribution < 1.29 is 19.4 Å². The summed E-state index contributed by atoms with van der Waals surface area (Å²) in [5.74, 6) is 0.613. The number of rotatable bonds is 9. The lowest BCUT2D eigenvalue weighted by atomic mass is 10.1. The Morgan fingerprint density at radius 1 is 1.08 bits per heavy atom. The Morgan fingerprint density at radius 2 is 1.76 bits per heavy atom. The van der Waals surface area contributed by atoms with Crippen LogP contribution in [0, 0.1) is 0 Å². The summed E-state index contributed by atoms with van der Waals surface area (Å²) in [4.78, 5) is 23.7. The van der Waals surface area contributed by atoms with Crippen LogP contribution in [0.25, 0.3) is 0 Å². The van der Waals surface area contributed by atoms with E-state index >= 15 is 0 Å². The van der Waals surface area contributed by atoms with Crippen LogP contribution in [0.2, 0.25) is 0 Å². The van der Waals surface area contributed by atoms with E-state index in [-0.39, 0.29) is 11.5 Å². The third-order valence-corrected chi connectivity index (χ3v) is 4.61. The monoisotopic (exact) mass is 359 g/mol. The van der Waals surface area contributed by atoms with Gasteiger partial charge >= 0.3 is 5.97 Å². The zero-order valence-corrected chi connectivity index (χ0v) is 14.8. The smallest absolute Gasteiger partial charge is 0.335 e. The topological polar surface area (TPSA) is 75.6 Å². The molecular formula is C19H21NO4S. The highest BCUT2D eigenvalue weighted by Gasteiger charge is 2.04. The maximum Gasteiger partial charge on any atom is 0.335 e. The summed E-state index contributed by atoms with van der Waals surface area (Å²) in [6.45, 7) is 0.540. The number of nitrogens with one attached hydrogen (secondary N) is 1. The molecule has 2 N–H and O–H groups in total. The first kappa shape index (κ1) is 18.9. The molecule has 0 bridgehead atoms. The zero-order chi connectivity index (χ0) is 18.1. The molecule has 0 aromatic heterocycles. The SMILES string of the molecule is COc1ccc(SCCC(=O)NCCc2ccc(C(=O)O)cc2)cc1. The summed E-state index contributed by atoms with van der Waals surface area (Å²) in [6, 6.07) is 14.4. The summed E-state index contributed by atoms with van der Waals surface area (Å²) in [6.07, 6.45) is 1.13. The quantitative estimate of drug-likeness (QED) is 0.672. The van der Waals surface area contributed by atoms with Gasteiger partial charge in [0.05, 0.1) is 12.7 Å². The maximum absolute atomic E-state index is 11.8. The van der Waals surface area contributed by atoms with Gasteiger partial charge in [0, 0.05) is 23.6 Å². The molecule has 1 amide bonds. The van der Waals surface area contributed by atoms with Crippen molar-refractivity contribution in [3.05, 3.63) is 59.7 Å². The number of thioether (sulfide) groups is 1. The largest absolute Gasteiger partial charge is 0.497 e. The van der Waals surface area contributed by atoms with Crippen LogP contribution in [0.15, 0.2) is 53.4 Å². The Bertz CT molecular complexity index is 698. The van der Waals surface area contributed by atoms with E-state index in [0.717, 1.165) is 16.2 Å². The van der Waals surface area contributed by atoms with Gasteiger partial charge in [0.1, 0.15) is 5.75 Å². The van der Waals surface area contributed by atoms with Crippen LogP contribution in [0.3, 0.4) is 0 Å². The summed E-state index contributed by atoms with van der Waals surface area (Å²) in [7, 11) is 1.63. The van der Waals surface area contributed by atoms with Gasteiger partial charge in [-0.25, -0.2) is 4.79 Å². The van der Waals surface area contributed by atoms with E-state index in [0.29, 0.717) is 25.1 Å². The number of benzene rings is 2. The fourth-order valence-electron chi connectivity index (χ4n) is 2.18. The van der Waals surface area contributed by atoms with Crippen molar-refractivity contribution in [3.8, 4) is 5.75 Å². The van der Waals surface area contributed by atoms with E-state index < -0.39 is 5.97 Å². The lowest BCUT2D eigenvalue weighted by Crippen LogP contribution is -2.25. The van der Waals surface area contributed by atoms with Crippen LogP contribution in [-0.4, -0.2) is 36.4 Å². The van der Waals surface area contributed by atoms with Crippen LogP contribution < -0.4 is 10.1 Å². The summed E-state index contributed by atoms with van der Waals surface area (Å²) >= 11 is 1.63. The Balaban J connectivity index is 1.64. The average molecular weight is 359 g/mol. The minimum absolute atomic E-state index is 0.0168. The van der Waals surface area contributed by atoms with E-state index in [9.17, 15) is 9.59 Å². The summed E-state index contributed by atoms with van der Waals surface area (Å²) in [5.41, 5.74) is 1.27. The molecule has 5 nitrogen and oxygen atoms in total. The van der Waals surface area contributed by atoms with E-state index in [1.807, 2.05) is 24.3 Å². The second-order valence-corrected chi connectivity index (χ2v) is 6.54. The zero-order valence-electron chi connectivity index (χ0n) is 14.0. The standard InChI is InChI=1S/C19H21NO4S/c1-24-16-6-8-17(9-7-16)25-13-11-18(21)20-12-10-14-2-4-15(5-3-14)19(22)23/h2-9H,10-13H2,1H3,(H,20,21)(H,22,23). The van der Waals surface area contributed by atoms with Crippen LogP contribution >= 0.6 is 11.8 Å². The number of ether oxygens (including phenoxy) is 1. The van der Waals surface area contributed by atoms with Crippen molar-refractivity contribution >= 4 is 23.6 Å². The second kappa shape index (κ2) is 9.74. The van der Waals surface area contributed by atoms with Gasteiger partial charge in [-0.1, -0.05) is 12.1 Å². The predicted octanol–water partition coefficient (Wildman–Crippen LogP) is 3.23. The molecule has 0 saturated heterocycles. The van der Waals surface area contributed by atoms with Crippen LogP contribution in [-0.2, 0) is 11.2 Å². The van der Waals surface area contributed by atoms with Crippen LogP contribution in [0.1, 0.15) is 22.3 Å². The van der Waals surface area contributed by atoms with Gasteiger partial charge in [0.2, 0.25) is 5.91 Å². The third kappa shape index (κ3) is 6.51. The molecule has 0 spiro atoms. The summed E-state index contributed by atoms with van der Waals surface area (Å²) < 4.78 is 5.11. The first-order valence-electron chi connectivity index (χ1n) is 7.94. The molecule has 25 heavy (non-hydrogen) atoms. The number of amides is 1. The number of hydrogen-bond acceptors (Lipinski definition) is 4. The van der Waals surface area contributed by atoms with E-state index in [2.05, 4.69) is 5.32 Å². The van der Waals surface area contributed by atoms with Crippen LogP contribution in [0.5, 0.6) is 5.75 Å². The molecule has 0 saturated carbocycles. The van der Waals surface area contributed by atoms with Gasteiger partial charge in [-0.15, -0.1) is 11.8 Å². The number of carbonyl (C=O) groups is 2. The number of methoxy groups -OCH3 is 1. The molecule has 0 heterocycles. The van der Waals surface area contributed by atoms with E-state index in [1.54, 1.807) is 43.1 Å². The molecule has 0 aliphatic rings. The van der Waals surface area contributed by atoms with Gasteiger partial charge in [0.15, 0.2) is 0 Å². The number of aromatic carboxylic acids is 1. The van der Waals surface area contributed by atoms with Crippen molar-refractivity contribution in [1.29, 1.82) is 0 Å². The molecule has 2 aromatic carbocycles. The molecule has 2 rings (SSSR count). The van der Waals surface area contributed by atoms with E-state index in [1.165, 1.54) is 0 Å². The number of carboxylic acid groups (broad SMARTS) is 1. The van der Waals surface area contributed by atoms with Gasteiger partial charge < -0.3 is 15.2 Å². The van der Waals surface area contributed by atoms with Crippen molar-refractivity contribution in [2.24, 2.45) is 0 Å². The van der Waals surface area contributed by atoms with Crippen LogP contribution in [0.4, 0.5) is 0 Å². The van der Waals surface area contributed by atoms with Gasteiger partial charge in [-0.3, -0.25) is 4.79 Å². The molecule has 2 aromatic rings. The van der Waals surface area contributed by atoms with Crippen molar-refractivity contribution in [3.63, 3.8) is 0 Å². The van der Waals surface area contributed by atoms with Gasteiger partial charge in [-0.05, 0) is 48.4 Å². The second-order valence-electron chi connectivity index (χ2n) is 5.38. The molecular weight excluding hydrogens is 338 g/mol. The number of carbonyl (C=O) groups excluding carboxylic acids is 1. The van der Waals surface area contributed by atoms with E-state index in [4.69, 9.17) is 9.84 Å². The minimum atomic E-state index is -0.936. The predicted molar refractivity (Wildman–Crippen MR) is 98.5 cm³/mol. The highest BCUT2D eigenvalue weighted by atomic mass is 32.2. The first-order valence-corrected chi connectivity index (χ1v) is 8.93. The average Bonchev–Trinajstić information content (AvgIpc) is 2.63. The van der Waals surface area contributed by atoms with Crippen molar-refractivity contribution in [2.45, 2.75) is 17.7 Å².